The molecule has 0 unspecified atom stereocenters. The topological polar surface area (TPSA) is 58.6 Å². The lowest BCUT2D eigenvalue weighted by atomic mass is 10.2. The Morgan fingerprint density at radius 1 is 1.12 bits per heavy atom. The third-order valence-corrected chi connectivity index (χ3v) is 5.05. The van der Waals surface area contributed by atoms with Crippen LogP contribution in [0.15, 0.2) is 65.1 Å². The number of carbonyl (C=O) groups is 1. The van der Waals surface area contributed by atoms with E-state index in [4.69, 9.17) is 9.84 Å². The Morgan fingerprint density at radius 2 is 1.92 bits per heavy atom. The van der Waals surface area contributed by atoms with Crippen molar-refractivity contribution in [3.05, 3.63) is 81.1 Å². The number of nitrogens with one attached hydrogen (secondary N) is 1. The lowest BCUT2D eigenvalue weighted by Crippen LogP contribution is -2.03. The van der Waals surface area contributed by atoms with Gasteiger partial charge in [0.1, 0.15) is 17.2 Å². The Morgan fingerprint density at radius 3 is 2.64 bits per heavy atom. The molecule has 25 heavy (non-hydrogen) atoms. The van der Waals surface area contributed by atoms with Crippen molar-refractivity contribution in [3.8, 4) is 5.75 Å². The molecule has 1 heterocycles. The van der Waals surface area contributed by atoms with Gasteiger partial charge in [-0.05, 0) is 35.9 Å². The number of ether oxygens (including phenoxy) is 1. The average Bonchev–Trinajstić information content (AvgIpc) is 3.09. The normalized spacial score (nSPS) is 10.4. The average molecular weight is 418 g/mol. The van der Waals surface area contributed by atoms with Crippen LogP contribution in [0.4, 0.5) is 5.00 Å². The van der Waals surface area contributed by atoms with E-state index in [2.05, 4.69) is 21.2 Å². The predicted octanol–water partition coefficient (Wildman–Crippen LogP) is 5.40. The van der Waals surface area contributed by atoms with E-state index in [1.165, 1.54) is 11.3 Å². The van der Waals surface area contributed by atoms with Crippen molar-refractivity contribution in [3.63, 3.8) is 0 Å². The molecule has 0 radical (unpaired) electrons. The van der Waals surface area contributed by atoms with Gasteiger partial charge in [0.15, 0.2) is 0 Å². The number of benzene rings is 2. The van der Waals surface area contributed by atoms with Crippen LogP contribution in [0, 0.1) is 0 Å². The molecule has 0 atom stereocenters. The van der Waals surface area contributed by atoms with Gasteiger partial charge in [-0.25, -0.2) is 4.79 Å². The van der Waals surface area contributed by atoms with Crippen LogP contribution in [0.5, 0.6) is 5.75 Å². The SMILES string of the molecule is O=C(O)c1ccc(NCc2cc(Br)ccc2OCc2ccccc2)s1. The highest BCUT2D eigenvalue weighted by Crippen LogP contribution is 2.27. The fourth-order valence-corrected chi connectivity index (χ4v) is 3.44. The predicted molar refractivity (Wildman–Crippen MR) is 104 cm³/mol. The van der Waals surface area contributed by atoms with Gasteiger partial charge in [-0.3, -0.25) is 0 Å². The Bertz CT molecular complexity index is 864. The fourth-order valence-electron chi connectivity index (χ4n) is 2.29. The molecule has 0 saturated heterocycles. The van der Waals surface area contributed by atoms with E-state index < -0.39 is 5.97 Å². The number of halogens is 1. The molecule has 0 amide bonds. The summed E-state index contributed by atoms with van der Waals surface area (Å²) in [4.78, 5) is 11.3. The zero-order valence-electron chi connectivity index (χ0n) is 13.2. The van der Waals surface area contributed by atoms with Crippen LogP contribution in [0.25, 0.3) is 0 Å². The van der Waals surface area contributed by atoms with Gasteiger partial charge in [-0.15, -0.1) is 11.3 Å². The molecule has 0 spiro atoms. The number of rotatable bonds is 7. The molecule has 0 saturated carbocycles. The molecule has 0 fully saturated rings. The molecule has 128 valence electrons. The maximum absolute atomic E-state index is 11.0. The summed E-state index contributed by atoms with van der Waals surface area (Å²) in [5, 5.41) is 13.1. The van der Waals surface area contributed by atoms with Crippen LogP contribution in [-0.2, 0) is 13.2 Å². The minimum absolute atomic E-state index is 0.317. The molecule has 1 aromatic heterocycles. The van der Waals surface area contributed by atoms with E-state index >= 15 is 0 Å². The number of carboxylic acid groups (broad SMARTS) is 1. The summed E-state index contributed by atoms with van der Waals surface area (Å²) in [5.74, 6) is -0.109. The molecule has 4 nitrogen and oxygen atoms in total. The number of hydrogen-bond donors (Lipinski definition) is 2. The zero-order chi connectivity index (χ0) is 17.6. The lowest BCUT2D eigenvalue weighted by Gasteiger charge is -2.13. The molecule has 3 rings (SSSR count). The first kappa shape index (κ1) is 17.5. The van der Waals surface area contributed by atoms with Gasteiger partial charge in [0.2, 0.25) is 0 Å². The number of aromatic carboxylic acids is 1. The summed E-state index contributed by atoms with van der Waals surface area (Å²) in [5.41, 5.74) is 2.10. The number of anilines is 1. The smallest absolute Gasteiger partial charge is 0.345 e. The van der Waals surface area contributed by atoms with Crippen LogP contribution in [0.1, 0.15) is 20.8 Å². The Labute approximate surface area is 158 Å². The summed E-state index contributed by atoms with van der Waals surface area (Å²) >= 11 is 4.70. The fraction of sp³-hybridized carbons (Fsp3) is 0.105. The second-order valence-electron chi connectivity index (χ2n) is 5.35. The highest BCUT2D eigenvalue weighted by Gasteiger charge is 2.09. The highest BCUT2D eigenvalue weighted by molar-refractivity contribution is 9.10. The molecule has 3 aromatic rings. The van der Waals surface area contributed by atoms with Crippen LogP contribution >= 0.6 is 27.3 Å². The van der Waals surface area contributed by atoms with Crippen molar-refractivity contribution in [2.45, 2.75) is 13.2 Å². The van der Waals surface area contributed by atoms with Crippen LogP contribution in [-0.4, -0.2) is 11.1 Å². The van der Waals surface area contributed by atoms with E-state index in [1.54, 1.807) is 12.1 Å². The minimum Gasteiger partial charge on any atom is -0.489 e. The lowest BCUT2D eigenvalue weighted by molar-refractivity contribution is 0.0702. The summed E-state index contributed by atoms with van der Waals surface area (Å²) < 4.78 is 6.92. The summed E-state index contributed by atoms with van der Waals surface area (Å²) in [7, 11) is 0. The van der Waals surface area contributed by atoms with Gasteiger partial charge in [0.25, 0.3) is 0 Å². The Balaban J connectivity index is 1.69. The molecule has 2 N–H and O–H groups in total. The van der Waals surface area contributed by atoms with Gasteiger partial charge in [-0.1, -0.05) is 46.3 Å². The standard InChI is InChI=1S/C19H16BrNO3S/c20-15-6-7-16(24-12-13-4-2-1-3-5-13)14(10-15)11-21-18-9-8-17(25-18)19(22)23/h1-10,21H,11-12H2,(H,22,23). The van der Waals surface area contributed by atoms with Crippen molar-refractivity contribution in [1.29, 1.82) is 0 Å². The largest absolute Gasteiger partial charge is 0.489 e. The first-order valence-corrected chi connectivity index (χ1v) is 9.25. The van der Waals surface area contributed by atoms with E-state index in [1.807, 2.05) is 48.5 Å². The third-order valence-electron chi connectivity index (χ3n) is 3.53. The van der Waals surface area contributed by atoms with Crippen molar-refractivity contribution >= 4 is 38.2 Å². The third kappa shape index (κ3) is 4.84. The Hall–Kier alpha value is -2.31. The molecule has 0 aliphatic carbocycles. The highest BCUT2D eigenvalue weighted by atomic mass is 79.9. The second kappa shape index (κ2) is 8.18. The maximum atomic E-state index is 11.0. The molecular formula is C19H16BrNO3S. The maximum Gasteiger partial charge on any atom is 0.345 e. The van der Waals surface area contributed by atoms with Crippen LogP contribution < -0.4 is 10.1 Å². The summed E-state index contributed by atoms with van der Waals surface area (Å²) in [6.45, 7) is 1.04. The number of carboxylic acids is 1. The quantitative estimate of drug-likeness (QED) is 0.540. The van der Waals surface area contributed by atoms with E-state index in [0.717, 1.165) is 26.4 Å². The Kier molecular flexibility index (Phi) is 5.73. The molecule has 6 heteroatoms. The molecule has 0 bridgehead atoms. The number of hydrogen-bond acceptors (Lipinski definition) is 4. The molecule has 2 aromatic carbocycles. The van der Waals surface area contributed by atoms with E-state index in [9.17, 15) is 4.79 Å². The first-order valence-electron chi connectivity index (χ1n) is 7.64. The van der Waals surface area contributed by atoms with Crippen molar-refractivity contribution in [2.75, 3.05) is 5.32 Å². The number of thiophene rings is 1. The first-order chi connectivity index (χ1) is 12.1. The molecule has 0 aliphatic rings. The monoisotopic (exact) mass is 417 g/mol. The van der Waals surface area contributed by atoms with Gasteiger partial charge in [0, 0.05) is 16.6 Å². The van der Waals surface area contributed by atoms with E-state index in [-0.39, 0.29) is 0 Å². The van der Waals surface area contributed by atoms with Gasteiger partial charge < -0.3 is 15.2 Å². The molecular weight excluding hydrogens is 402 g/mol. The van der Waals surface area contributed by atoms with Gasteiger partial charge in [-0.2, -0.15) is 0 Å². The van der Waals surface area contributed by atoms with E-state index in [0.29, 0.717) is 18.0 Å². The minimum atomic E-state index is -0.910. The van der Waals surface area contributed by atoms with Crippen LogP contribution in [0.3, 0.4) is 0 Å². The second-order valence-corrected chi connectivity index (χ2v) is 7.35. The summed E-state index contributed by atoms with van der Waals surface area (Å²) in [6, 6.07) is 19.2. The zero-order valence-corrected chi connectivity index (χ0v) is 15.6. The van der Waals surface area contributed by atoms with Crippen molar-refractivity contribution < 1.29 is 14.6 Å². The van der Waals surface area contributed by atoms with Gasteiger partial charge in [0.05, 0.1) is 5.00 Å². The van der Waals surface area contributed by atoms with Crippen molar-refractivity contribution in [2.24, 2.45) is 0 Å². The summed E-state index contributed by atoms with van der Waals surface area (Å²) in [6.07, 6.45) is 0. The van der Waals surface area contributed by atoms with Gasteiger partial charge >= 0.3 is 5.97 Å². The van der Waals surface area contributed by atoms with Crippen LogP contribution in [0.2, 0.25) is 0 Å². The molecule has 0 aliphatic heterocycles. The van der Waals surface area contributed by atoms with Crippen molar-refractivity contribution in [1.82, 2.24) is 0 Å².